The number of ether oxygens (including phenoxy) is 2. The number of anilines is 2. The predicted octanol–water partition coefficient (Wildman–Crippen LogP) is 4.62. The van der Waals surface area contributed by atoms with Gasteiger partial charge < -0.3 is 25.0 Å². The number of benzene rings is 3. The molecule has 0 bridgehead atoms. The summed E-state index contributed by atoms with van der Waals surface area (Å²) in [5.41, 5.74) is 3.94. The van der Waals surface area contributed by atoms with E-state index in [0.29, 0.717) is 43.1 Å². The molecule has 1 heterocycles. The predicted molar refractivity (Wildman–Crippen MR) is 151 cm³/mol. The van der Waals surface area contributed by atoms with Gasteiger partial charge in [-0.3, -0.25) is 14.4 Å². The smallest absolute Gasteiger partial charge is 0.308 e. The van der Waals surface area contributed by atoms with Crippen LogP contribution in [0.2, 0.25) is 0 Å². The van der Waals surface area contributed by atoms with Gasteiger partial charge in [0.25, 0.3) is 5.91 Å². The third kappa shape index (κ3) is 7.20. The summed E-state index contributed by atoms with van der Waals surface area (Å²) < 4.78 is 10.6. The SMILES string of the molecule is CC(=O)Oc1ccc(CCC(NC(=O)c2ccccc2C)C(=O)Nc2ccccc2N2CCOCC2)cc1.[HH].[HH]. The lowest BCUT2D eigenvalue weighted by atomic mass is 10.0. The van der Waals surface area contributed by atoms with Gasteiger partial charge in [-0.15, -0.1) is 0 Å². The van der Waals surface area contributed by atoms with Crippen LogP contribution in [0.1, 0.15) is 37.7 Å². The van der Waals surface area contributed by atoms with Gasteiger partial charge in [-0.2, -0.15) is 0 Å². The van der Waals surface area contributed by atoms with E-state index in [9.17, 15) is 14.4 Å². The van der Waals surface area contributed by atoms with E-state index in [2.05, 4.69) is 15.5 Å². The summed E-state index contributed by atoms with van der Waals surface area (Å²) in [5, 5.41) is 6.00. The number of hydrogen-bond donors (Lipinski definition) is 2. The van der Waals surface area contributed by atoms with E-state index in [-0.39, 0.29) is 20.6 Å². The van der Waals surface area contributed by atoms with Crippen molar-refractivity contribution in [2.24, 2.45) is 0 Å². The minimum Gasteiger partial charge on any atom is -0.427 e. The number of carbonyl (C=O) groups excluding carboxylic acids is 3. The normalized spacial score (nSPS) is 13.9. The second kappa shape index (κ2) is 12.9. The molecular weight excluding hydrogens is 482 g/mol. The average molecular weight is 520 g/mol. The molecule has 0 aliphatic carbocycles. The van der Waals surface area contributed by atoms with Crippen LogP contribution in [0.25, 0.3) is 0 Å². The van der Waals surface area contributed by atoms with Crippen molar-refractivity contribution in [3.05, 3.63) is 89.5 Å². The fourth-order valence-electron chi connectivity index (χ4n) is 4.41. The Labute approximate surface area is 225 Å². The van der Waals surface area contributed by atoms with E-state index in [4.69, 9.17) is 9.47 Å². The van der Waals surface area contributed by atoms with Crippen molar-refractivity contribution in [2.45, 2.75) is 32.7 Å². The first-order valence-corrected chi connectivity index (χ1v) is 12.8. The highest BCUT2D eigenvalue weighted by Crippen LogP contribution is 2.27. The number of amides is 2. The molecule has 1 aliphatic rings. The van der Waals surface area contributed by atoms with E-state index in [0.717, 1.165) is 29.9 Å². The maximum Gasteiger partial charge on any atom is 0.308 e. The minimum atomic E-state index is -0.770. The highest BCUT2D eigenvalue weighted by Gasteiger charge is 2.24. The number of esters is 1. The van der Waals surface area contributed by atoms with Gasteiger partial charge in [-0.1, -0.05) is 42.5 Å². The lowest BCUT2D eigenvalue weighted by molar-refractivity contribution is -0.131. The number of rotatable bonds is 9. The van der Waals surface area contributed by atoms with Crippen molar-refractivity contribution in [2.75, 3.05) is 36.5 Å². The Morgan fingerprint density at radius 2 is 1.66 bits per heavy atom. The zero-order valence-electron chi connectivity index (χ0n) is 21.7. The monoisotopic (exact) mass is 519 g/mol. The van der Waals surface area contributed by atoms with Crippen LogP contribution in [0.5, 0.6) is 5.75 Å². The molecule has 2 N–H and O–H groups in total. The van der Waals surface area contributed by atoms with E-state index in [1.807, 2.05) is 55.5 Å². The molecule has 8 nitrogen and oxygen atoms in total. The summed E-state index contributed by atoms with van der Waals surface area (Å²) >= 11 is 0. The Kier molecular flexibility index (Phi) is 9.11. The van der Waals surface area contributed by atoms with E-state index < -0.39 is 6.04 Å². The first kappa shape index (κ1) is 26.9. The molecule has 0 spiro atoms. The van der Waals surface area contributed by atoms with Crippen LogP contribution in [-0.2, 0) is 20.7 Å². The second-order valence-corrected chi connectivity index (χ2v) is 9.22. The van der Waals surface area contributed by atoms with Crippen molar-refractivity contribution in [3.8, 4) is 5.75 Å². The van der Waals surface area contributed by atoms with Gasteiger partial charge in [0, 0.05) is 28.4 Å². The molecule has 38 heavy (non-hydrogen) atoms. The van der Waals surface area contributed by atoms with Crippen LogP contribution in [0, 0.1) is 6.92 Å². The third-order valence-electron chi connectivity index (χ3n) is 6.43. The molecule has 202 valence electrons. The summed E-state index contributed by atoms with van der Waals surface area (Å²) in [6.45, 7) is 5.97. The number of morpholine rings is 1. The van der Waals surface area contributed by atoms with Gasteiger partial charge >= 0.3 is 5.97 Å². The molecule has 0 aromatic heterocycles. The van der Waals surface area contributed by atoms with Crippen molar-refractivity contribution in [1.82, 2.24) is 5.32 Å². The third-order valence-corrected chi connectivity index (χ3v) is 6.43. The van der Waals surface area contributed by atoms with Gasteiger partial charge in [-0.25, -0.2) is 0 Å². The molecule has 2 amide bonds. The number of para-hydroxylation sites is 2. The van der Waals surface area contributed by atoms with Gasteiger partial charge in [-0.05, 0) is 61.2 Å². The Balaban J connectivity index is 0.00000280. The maximum absolute atomic E-state index is 13.6. The number of carbonyl (C=O) groups is 3. The zero-order valence-corrected chi connectivity index (χ0v) is 21.7. The van der Waals surface area contributed by atoms with Crippen molar-refractivity contribution < 1.29 is 26.7 Å². The van der Waals surface area contributed by atoms with Crippen molar-refractivity contribution >= 4 is 29.2 Å². The van der Waals surface area contributed by atoms with E-state index in [1.54, 1.807) is 24.3 Å². The van der Waals surface area contributed by atoms with Crippen LogP contribution in [0.3, 0.4) is 0 Å². The van der Waals surface area contributed by atoms with Gasteiger partial charge in [0.2, 0.25) is 5.91 Å². The minimum absolute atomic E-state index is 0. The zero-order chi connectivity index (χ0) is 26.9. The van der Waals surface area contributed by atoms with Gasteiger partial charge in [0.05, 0.1) is 24.6 Å². The Hall–Kier alpha value is -4.17. The molecule has 3 aromatic rings. The molecule has 1 aliphatic heterocycles. The Morgan fingerprint density at radius 1 is 0.974 bits per heavy atom. The Morgan fingerprint density at radius 3 is 2.37 bits per heavy atom. The molecule has 1 atom stereocenters. The molecule has 0 radical (unpaired) electrons. The topological polar surface area (TPSA) is 97.0 Å². The molecule has 0 saturated carbocycles. The molecule has 3 aromatic carbocycles. The average Bonchev–Trinajstić information content (AvgIpc) is 2.92. The van der Waals surface area contributed by atoms with Crippen LogP contribution >= 0.6 is 0 Å². The van der Waals surface area contributed by atoms with E-state index in [1.165, 1.54) is 6.92 Å². The summed E-state index contributed by atoms with van der Waals surface area (Å²) in [7, 11) is 0. The van der Waals surface area contributed by atoms with Gasteiger partial charge in [0.1, 0.15) is 11.8 Å². The summed E-state index contributed by atoms with van der Waals surface area (Å²) in [6.07, 6.45) is 0.924. The van der Waals surface area contributed by atoms with Crippen LogP contribution in [0.4, 0.5) is 11.4 Å². The standard InChI is InChI=1S/C30H33N3O5.2H2/c1-21-7-3-4-8-25(21)29(35)32-27(16-13-23-11-14-24(15-12-23)38-22(2)34)30(36)31-26-9-5-6-10-28(26)33-17-19-37-20-18-33;;/h3-12,14-15,27H,13,16-20H2,1-2H3,(H,31,36)(H,32,35);2*1H. The molecule has 8 heteroatoms. The number of nitrogens with one attached hydrogen (secondary N) is 2. The highest BCUT2D eigenvalue weighted by molar-refractivity contribution is 6.03. The first-order valence-electron chi connectivity index (χ1n) is 12.8. The fraction of sp³-hybridized carbons (Fsp3) is 0.300. The van der Waals surface area contributed by atoms with Crippen molar-refractivity contribution in [1.29, 1.82) is 0 Å². The fourth-order valence-corrected chi connectivity index (χ4v) is 4.41. The first-order chi connectivity index (χ1) is 18.4. The highest BCUT2D eigenvalue weighted by atomic mass is 16.5. The molecule has 1 saturated heterocycles. The number of aryl methyl sites for hydroxylation is 2. The van der Waals surface area contributed by atoms with Crippen LogP contribution in [0.15, 0.2) is 72.8 Å². The number of hydrogen-bond acceptors (Lipinski definition) is 6. The van der Waals surface area contributed by atoms with Gasteiger partial charge in [0.15, 0.2) is 0 Å². The Bertz CT molecular complexity index is 1280. The number of nitrogens with zero attached hydrogens (tertiary/aromatic N) is 1. The van der Waals surface area contributed by atoms with E-state index >= 15 is 0 Å². The quantitative estimate of drug-likeness (QED) is 0.316. The second-order valence-electron chi connectivity index (χ2n) is 9.22. The van der Waals surface area contributed by atoms with Crippen LogP contribution < -0.4 is 20.3 Å². The molecule has 4 rings (SSSR count). The lowest BCUT2D eigenvalue weighted by Crippen LogP contribution is -2.44. The van der Waals surface area contributed by atoms with Crippen molar-refractivity contribution in [3.63, 3.8) is 0 Å². The summed E-state index contributed by atoms with van der Waals surface area (Å²) in [4.78, 5) is 40.1. The lowest BCUT2D eigenvalue weighted by Gasteiger charge is -2.31. The molecule has 1 unspecified atom stereocenters. The summed E-state index contributed by atoms with van der Waals surface area (Å²) in [5.74, 6) is -0.507. The maximum atomic E-state index is 13.6. The molecule has 1 fully saturated rings. The van der Waals surface area contributed by atoms with Crippen LogP contribution in [-0.4, -0.2) is 50.1 Å². The molecular formula is C30H37N3O5. The summed E-state index contributed by atoms with van der Waals surface area (Å²) in [6, 6.07) is 21.3. The largest absolute Gasteiger partial charge is 0.427 e.